The highest BCUT2D eigenvalue weighted by atomic mass is 35.5. The minimum Gasteiger partial charge on any atom is -0.399 e. The fraction of sp³-hybridized carbons (Fsp3) is 0.133. The molecule has 0 bridgehead atoms. The first-order chi connectivity index (χ1) is 9.47. The van der Waals surface area contributed by atoms with Gasteiger partial charge in [0.2, 0.25) is 5.91 Å². The quantitative estimate of drug-likeness (QED) is 0.669. The van der Waals surface area contributed by atoms with Gasteiger partial charge < -0.3 is 11.5 Å². The summed E-state index contributed by atoms with van der Waals surface area (Å²) < 4.78 is 0. The van der Waals surface area contributed by atoms with Gasteiger partial charge in [-0.05, 0) is 48.4 Å². The average molecular weight is 307 g/mol. The molecule has 104 valence electrons. The van der Waals surface area contributed by atoms with Crippen LogP contribution in [0.4, 0.5) is 5.69 Å². The van der Waals surface area contributed by atoms with Gasteiger partial charge in [-0.2, -0.15) is 0 Å². The van der Waals surface area contributed by atoms with Gasteiger partial charge in [-0.1, -0.05) is 17.7 Å². The van der Waals surface area contributed by atoms with Gasteiger partial charge in [-0.25, -0.2) is 0 Å². The van der Waals surface area contributed by atoms with Gasteiger partial charge >= 0.3 is 0 Å². The molecule has 0 heterocycles. The number of amides is 1. The van der Waals surface area contributed by atoms with Crippen LogP contribution in [0.15, 0.2) is 41.3 Å². The summed E-state index contributed by atoms with van der Waals surface area (Å²) in [5.41, 5.74) is 14.3. The van der Waals surface area contributed by atoms with Crippen LogP contribution in [0.5, 0.6) is 0 Å². The molecule has 3 nitrogen and oxygen atoms in total. The van der Waals surface area contributed by atoms with Crippen LogP contribution in [0.1, 0.15) is 21.5 Å². The summed E-state index contributed by atoms with van der Waals surface area (Å²) in [4.78, 5) is 12.1. The summed E-state index contributed by atoms with van der Waals surface area (Å²) in [6, 6.07) is 11.0. The maximum Gasteiger partial charge on any atom is 0.248 e. The number of nitrogens with two attached hydrogens (primary N) is 2. The zero-order valence-electron chi connectivity index (χ0n) is 11.0. The van der Waals surface area contributed by atoms with Crippen LogP contribution < -0.4 is 11.5 Å². The molecule has 20 heavy (non-hydrogen) atoms. The van der Waals surface area contributed by atoms with Gasteiger partial charge in [0.25, 0.3) is 0 Å². The van der Waals surface area contributed by atoms with Gasteiger partial charge in [-0.15, -0.1) is 11.8 Å². The van der Waals surface area contributed by atoms with Gasteiger partial charge in [-0.3, -0.25) is 4.79 Å². The lowest BCUT2D eigenvalue weighted by Crippen LogP contribution is -2.11. The fourth-order valence-corrected chi connectivity index (χ4v) is 3.15. The summed E-state index contributed by atoms with van der Waals surface area (Å²) >= 11 is 7.77. The van der Waals surface area contributed by atoms with E-state index in [2.05, 4.69) is 0 Å². The van der Waals surface area contributed by atoms with Crippen molar-refractivity contribution >= 4 is 35.0 Å². The maximum atomic E-state index is 11.1. The molecule has 5 heteroatoms. The number of aryl methyl sites for hydroxylation is 1. The first-order valence-corrected chi connectivity index (χ1v) is 7.41. The van der Waals surface area contributed by atoms with E-state index in [4.69, 9.17) is 23.1 Å². The van der Waals surface area contributed by atoms with Crippen molar-refractivity contribution < 1.29 is 4.79 Å². The first-order valence-electron chi connectivity index (χ1n) is 6.04. The molecule has 0 saturated heterocycles. The summed E-state index contributed by atoms with van der Waals surface area (Å²) in [7, 11) is 0. The largest absolute Gasteiger partial charge is 0.399 e. The summed E-state index contributed by atoms with van der Waals surface area (Å²) in [6.45, 7) is 1.97. The second kappa shape index (κ2) is 6.20. The molecule has 0 spiro atoms. The number of primary amides is 1. The van der Waals surface area contributed by atoms with Crippen LogP contribution in [0.3, 0.4) is 0 Å². The number of rotatable bonds is 4. The molecule has 0 aromatic heterocycles. The molecule has 0 saturated carbocycles. The van der Waals surface area contributed by atoms with Crippen molar-refractivity contribution in [2.75, 3.05) is 5.73 Å². The SMILES string of the molecule is Cc1cc(C(N)=O)ccc1CSc1ccc(N)cc1Cl. The molecule has 0 fully saturated rings. The molecular weight excluding hydrogens is 292 g/mol. The minimum atomic E-state index is -0.408. The van der Waals surface area contributed by atoms with E-state index in [1.54, 1.807) is 23.9 Å². The van der Waals surface area contributed by atoms with Crippen molar-refractivity contribution in [2.24, 2.45) is 5.73 Å². The van der Waals surface area contributed by atoms with E-state index in [1.807, 2.05) is 31.2 Å². The lowest BCUT2D eigenvalue weighted by molar-refractivity contribution is 0.1000. The Morgan fingerprint density at radius 2 is 2.00 bits per heavy atom. The lowest BCUT2D eigenvalue weighted by atomic mass is 10.1. The lowest BCUT2D eigenvalue weighted by Gasteiger charge is -2.08. The van der Waals surface area contributed by atoms with Crippen LogP contribution in [0.25, 0.3) is 0 Å². The van der Waals surface area contributed by atoms with Crippen LogP contribution in [-0.4, -0.2) is 5.91 Å². The number of carbonyl (C=O) groups is 1. The Bertz CT molecular complexity index is 658. The smallest absolute Gasteiger partial charge is 0.248 e. The maximum absolute atomic E-state index is 11.1. The molecule has 2 aromatic carbocycles. The molecule has 0 aliphatic heterocycles. The second-order valence-corrected chi connectivity index (χ2v) is 5.91. The highest BCUT2D eigenvalue weighted by Crippen LogP contribution is 2.31. The van der Waals surface area contributed by atoms with E-state index < -0.39 is 5.91 Å². The van der Waals surface area contributed by atoms with Crippen molar-refractivity contribution in [2.45, 2.75) is 17.6 Å². The third-order valence-corrected chi connectivity index (χ3v) is 4.51. The molecular formula is C15H15ClN2OS. The Kier molecular flexibility index (Phi) is 4.57. The Morgan fingerprint density at radius 1 is 1.25 bits per heavy atom. The van der Waals surface area contributed by atoms with E-state index in [9.17, 15) is 4.79 Å². The normalized spacial score (nSPS) is 10.5. The van der Waals surface area contributed by atoms with Crippen molar-refractivity contribution in [1.29, 1.82) is 0 Å². The van der Waals surface area contributed by atoms with E-state index in [0.717, 1.165) is 21.8 Å². The third-order valence-electron chi connectivity index (χ3n) is 2.97. The number of benzene rings is 2. The zero-order chi connectivity index (χ0) is 14.7. The summed E-state index contributed by atoms with van der Waals surface area (Å²) in [5.74, 6) is 0.364. The van der Waals surface area contributed by atoms with Crippen molar-refractivity contribution in [3.05, 3.63) is 58.1 Å². The number of halogens is 1. The molecule has 4 N–H and O–H groups in total. The number of thioether (sulfide) groups is 1. The Morgan fingerprint density at radius 3 is 2.60 bits per heavy atom. The Hall–Kier alpha value is -1.65. The molecule has 0 aliphatic rings. The molecule has 2 aromatic rings. The zero-order valence-corrected chi connectivity index (χ0v) is 12.6. The first kappa shape index (κ1) is 14.8. The van der Waals surface area contributed by atoms with Crippen LogP contribution >= 0.6 is 23.4 Å². The monoisotopic (exact) mass is 306 g/mol. The highest BCUT2D eigenvalue weighted by molar-refractivity contribution is 7.98. The number of hydrogen-bond donors (Lipinski definition) is 2. The minimum absolute atomic E-state index is 0.408. The van der Waals surface area contributed by atoms with Crippen LogP contribution in [0, 0.1) is 6.92 Å². The van der Waals surface area contributed by atoms with Crippen LogP contribution in [0.2, 0.25) is 5.02 Å². The van der Waals surface area contributed by atoms with Crippen molar-refractivity contribution in [3.8, 4) is 0 Å². The van der Waals surface area contributed by atoms with E-state index >= 15 is 0 Å². The Labute approximate surface area is 127 Å². The molecule has 0 atom stereocenters. The molecule has 0 unspecified atom stereocenters. The topological polar surface area (TPSA) is 69.1 Å². The van der Waals surface area contributed by atoms with Gasteiger partial charge in [0.1, 0.15) is 0 Å². The van der Waals surface area contributed by atoms with E-state index in [0.29, 0.717) is 16.3 Å². The molecule has 0 radical (unpaired) electrons. The Balaban J connectivity index is 2.13. The highest BCUT2D eigenvalue weighted by Gasteiger charge is 2.06. The standard InChI is InChI=1S/C15H15ClN2OS/c1-9-6-10(15(18)19)2-3-11(9)8-20-14-5-4-12(17)7-13(14)16/h2-7H,8,17H2,1H3,(H2,18,19). The average Bonchev–Trinajstić information content (AvgIpc) is 2.38. The van der Waals surface area contributed by atoms with Gasteiger partial charge in [0, 0.05) is 21.9 Å². The van der Waals surface area contributed by atoms with E-state index in [-0.39, 0.29) is 0 Å². The number of carbonyl (C=O) groups excluding carboxylic acids is 1. The fourth-order valence-electron chi connectivity index (χ4n) is 1.80. The molecule has 1 amide bonds. The van der Waals surface area contributed by atoms with Crippen molar-refractivity contribution in [1.82, 2.24) is 0 Å². The second-order valence-electron chi connectivity index (χ2n) is 4.48. The molecule has 2 rings (SSSR count). The number of hydrogen-bond acceptors (Lipinski definition) is 3. The predicted molar refractivity (Wildman–Crippen MR) is 85.1 cm³/mol. The van der Waals surface area contributed by atoms with Crippen molar-refractivity contribution in [3.63, 3.8) is 0 Å². The molecule has 0 aliphatic carbocycles. The van der Waals surface area contributed by atoms with Gasteiger partial charge in [0.15, 0.2) is 0 Å². The predicted octanol–water partition coefficient (Wildman–Crippen LogP) is 3.62. The summed E-state index contributed by atoms with van der Waals surface area (Å²) in [5, 5.41) is 0.654. The third kappa shape index (κ3) is 3.46. The summed E-state index contributed by atoms with van der Waals surface area (Å²) in [6.07, 6.45) is 0. The number of anilines is 1. The number of nitrogen functional groups attached to an aromatic ring is 1. The van der Waals surface area contributed by atoms with Gasteiger partial charge in [0.05, 0.1) is 5.02 Å². The van der Waals surface area contributed by atoms with Crippen LogP contribution in [-0.2, 0) is 5.75 Å². The van der Waals surface area contributed by atoms with E-state index in [1.165, 1.54) is 0 Å².